The van der Waals surface area contributed by atoms with Crippen molar-refractivity contribution in [3.63, 3.8) is 0 Å². The summed E-state index contributed by atoms with van der Waals surface area (Å²) in [5.74, 6) is 0. The van der Waals surface area contributed by atoms with E-state index >= 15 is 0 Å². The molecule has 8 rings (SSSR count). The van der Waals surface area contributed by atoms with Crippen LogP contribution in [0.5, 0.6) is 0 Å². The SMILES string of the molecule is C=C/C=C\C1=C(/C=C)C2=C(C=C=CC=C2)C(=C)/C(C=C)=C(/C=C\C)C2=C(C=C=CC(N3/C(=C/C)C=CCc4cc(C5=c6oc7ccccc7c6=CC=C=C5)c(C)cc43)=C2)C1. The summed E-state index contributed by atoms with van der Waals surface area (Å²) in [6.07, 6.45) is 42.8. The van der Waals surface area contributed by atoms with E-state index in [0.717, 1.165) is 112 Å². The maximum atomic E-state index is 6.57. The molecule has 0 saturated heterocycles. The number of allylic oxidation sites excluding steroid dienone is 25. The van der Waals surface area contributed by atoms with E-state index in [-0.39, 0.29) is 0 Å². The summed E-state index contributed by atoms with van der Waals surface area (Å²) < 4.78 is 6.57. The molecule has 5 aliphatic rings. The molecule has 0 atom stereocenters. The van der Waals surface area contributed by atoms with E-state index < -0.39 is 0 Å². The fraction of sp³-hybridized carbons (Fsp3) is 0.0862. The first-order chi connectivity index (χ1) is 29.4. The Kier molecular flexibility index (Phi) is 11.2. The van der Waals surface area contributed by atoms with Crippen molar-refractivity contribution in [2.75, 3.05) is 4.90 Å². The second-order valence-electron chi connectivity index (χ2n) is 14.9. The topological polar surface area (TPSA) is 16.4 Å². The average molecular weight is 774 g/mol. The first-order valence-electron chi connectivity index (χ1n) is 20.4. The van der Waals surface area contributed by atoms with Crippen LogP contribution in [0.25, 0.3) is 22.6 Å². The van der Waals surface area contributed by atoms with Gasteiger partial charge in [0.05, 0.1) is 5.70 Å². The molecular weight excluding hydrogens is 727 g/mol. The zero-order chi connectivity index (χ0) is 41.8. The molecule has 0 radical (unpaired) electrons. The van der Waals surface area contributed by atoms with Gasteiger partial charge in [-0.1, -0.05) is 111 Å². The molecule has 2 aromatic carbocycles. The number of hydrogen-bond acceptors (Lipinski definition) is 2. The average Bonchev–Trinajstić information content (AvgIpc) is 3.57. The van der Waals surface area contributed by atoms with E-state index in [0.29, 0.717) is 6.42 Å². The summed E-state index contributed by atoms with van der Waals surface area (Å²) in [5, 5.41) is 2.17. The summed E-state index contributed by atoms with van der Waals surface area (Å²) in [7, 11) is 0. The second-order valence-corrected chi connectivity index (χ2v) is 14.9. The quantitative estimate of drug-likeness (QED) is 0.176. The third-order valence-electron chi connectivity index (χ3n) is 11.4. The number of aryl methyl sites for hydroxylation is 1. The van der Waals surface area contributed by atoms with Gasteiger partial charge >= 0.3 is 0 Å². The van der Waals surface area contributed by atoms with Crippen LogP contribution in [0.1, 0.15) is 37.0 Å². The zero-order valence-corrected chi connectivity index (χ0v) is 34.6. The Bertz CT molecular complexity index is 3110. The highest BCUT2D eigenvalue weighted by Gasteiger charge is 2.26. The van der Waals surface area contributed by atoms with Crippen molar-refractivity contribution in [1.82, 2.24) is 0 Å². The second kappa shape index (κ2) is 17.1. The number of benzene rings is 2. The Morgan fingerprint density at radius 3 is 2.43 bits per heavy atom. The van der Waals surface area contributed by atoms with Gasteiger partial charge < -0.3 is 9.32 Å². The van der Waals surface area contributed by atoms with Gasteiger partial charge in [0, 0.05) is 33.6 Å². The first-order valence-corrected chi connectivity index (χ1v) is 20.4. The molecule has 0 bridgehead atoms. The molecule has 0 unspecified atom stereocenters. The maximum absolute atomic E-state index is 6.57. The van der Waals surface area contributed by atoms with Gasteiger partial charge in [0.15, 0.2) is 0 Å². The van der Waals surface area contributed by atoms with Crippen LogP contribution in [0.3, 0.4) is 0 Å². The fourth-order valence-electron chi connectivity index (χ4n) is 8.57. The van der Waals surface area contributed by atoms with Gasteiger partial charge in [0.25, 0.3) is 0 Å². The van der Waals surface area contributed by atoms with Crippen LogP contribution >= 0.6 is 0 Å². The first kappa shape index (κ1) is 39.3. The summed E-state index contributed by atoms with van der Waals surface area (Å²) >= 11 is 0. The Labute approximate surface area is 354 Å². The summed E-state index contributed by atoms with van der Waals surface area (Å²) in [5.41, 5.74) is 28.8. The Morgan fingerprint density at radius 1 is 0.817 bits per heavy atom. The summed E-state index contributed by atoms with van der Waals surface area (Å²) in [6.45, 7) is 23.7. The minimum Gasteiger partial charge on any atom is -0.455 e. The largest absolute Gasteiger partial charge is 0.455 e. The van der Waals surface area contributed by atoms with Crippen LogP contribution in [0.15, 0.2) is 261 Å². The van der Waals surface area contributed by atoms with E-state index in [2.05, 4.69) is 160 Å². The smallest absolute Gasteiger partial charge is 0.143 e. The lowest BCUT2D eigenvalue weighted by Gasteiger charge is -2.29. The van der Waals surface area contributed by atoms with E-state index in [4.69, 9.17) is 11.0 Å². The van der Waals surface area contributed by atoms with Crippen LogP contribution in [-0.4, -0.2) is 0 Å². The molecule has 290 valence electrons. The standard InChI is InChI=1S/C58H47NO/c1-8-13-24-41-36-42-25-21-28-45(38-55(42)49(23-9-2)46(11-4)40(7)48-29-15-14-16-30-50(48)47(41)12-5)59-44(10-3)27-22-26-43-37-54(39(6)35-56(43)59)53-33-18-17-32-52-51-31-19-20-34-57(51)60-58(52)53/h8-14,16-17,19-20,22-25,27-35,37-38H,1,4-5,7,26,36H2,2-3,6H3/b23-9-,24-13-,44-10+,47-41-,49-46-. The van der Waals surface area contributed by atoms with Gasteiger partial charge in [0.2, 0.25) is 0 Å². The fourth-order valence-corrected chi connectivity index (χ4v) is 8.57. The molecule has 60 heavy (non-hydrogen) atoms. The van der Waals surface area contributed by atoms with Crippen molar-refractivity contribution in [2.45, 2.75) is 33.6 Å². The maximum Gasteiger partial charge on any atom is 0.143 e. The lowest BCUT2D eigenvalue weighted by molar-refractivity contribution is 0.573. The molecule has 2 nitrogen and oxygen atoms in total. The van der Waals surface area contributed by atoms with Gasteiger partial charge in [-0.15, -0.1) is 17.2 Å². The molecule has 1 aliphatic heterocycles. The summed E-state index contributed by atoms with van der Waals surface area (Å²) in [4.78, 5) is 2.36. The number of hydrogen-bond donors (Lipinski definition) is 0. The number of anilines is 1. The molecule has 0 amide bonds. The van der Waals surface area contributed by atoms with Crippen LogP contribution in [0.2, 0.25) is 0 Å². The number of fused-ring (bicyclic) bond motifs is 4. The van der Waals surface area contributed by atoms with Crippen molar-refractivity contribution >= 4 is 28.3 Å². The van der Waals surface area contributed by atoms with Crippen molar-refractivity contribution in [3.8, 4) is 0 Å². The Hall–Kier alpha value is -7.56. The van der Waals surface area contributed by atoms with E-state index in [9.17, 15) is 0 Å². The molecule has 4 aliphatic carbocycles. The van der Waals surface area contributed by atoms with Gasteiger partial charge in [-0.2, -0.15) is 0 Å². The molecule has 0 N–H and O–H groups in total. The van der Waals surface area contributed by atoms with Gasteiger partial charge in [-0.05, 0) is 167 Å². The molecule has 2 heteroatoms. The number of nitrogens with zero attached hydrogens (tertiary/aromatic N) is 1. The normalized spacial score (nSPS) is 20.6. The number of furan rings is 1. The molecular formula is C58H47NO. The van der Waals surface area contributed by atoms with Crippen LogP contribution in [0, 0.1) is 6.92 Å². The Balaban J connectivity index is 1.38. The van der Waals surface area contributed by atoms with Crippen molar-refractivity contribution in [2.24, 2.45) is 0 Å². The monoisotopic (exact) mass is 773 g/mol. The zero-order valence-electron chi connectivity index (χ0n) is 34.6. The molecule has 3 aromatic rings. The highest BCUT2D eigenvalue weighted by molar-refractivity contribution is 5.85. The predicted molar refractivity (Wildman–Crippen MR) is 254 cm³/mol. The number of para-hydroxylation sites is 1. The van der Waals surface area contributed by atoms with Gasteiger partial charge in [-0.25, -0.2) is 0 Å². The lowest BCUT2D eigenvalue weighted by atomic mass is 9.81. The minimum atomic E-state index is 0.614. The van der Waals surface area contributed by atoms with Crippen LogP contribution in [0.4, 0.5) is 5.69 Å². The lowest BCUT2D eigenvalue weighted by Crippen LogP contribution is -2.23. The van der Waals surface area contributed by atoms with Crippen molar-refractivity contribution in [3.05, 3.63) is 284 Å². The Morgan fingerprint density at radius 2 is 1.63 bits per heavy atom. The molecule has 0 saturated carbocycles. The van der Waals surface area contributed by atoms with E-state index in [1.165, 1.54) is 5.56 Å². The van der Waals surface area contributed by atoms with Gasteiger partial charge in [-0.3, -0.25) is 0 Å². The third kappa shape index (κ3) is 7.14. The van der Waals surface area contributed by atoms with E-state index in [1.807, 2.05) is 60.7 Å². The van der Waals surface area contributed by atoms with Crippen LogP contribution in [-0.2, 0) is 6.42 Å². The molecule has 0 fully saturated rings. The van der Waals surface area contributed by atoms with E-state index in [1.54, 1.807) is 0 Å². The van der Waals surface area contributed by atoms with Crippen LogP contribution < -0.4 is 15.5 Å². The highest BCUT2D eigenvalue weighted by Crippen LogP contribution is 2.42. The third-order valence-corrected chi connectivity index (χ3v) is 11.4. The summed E-state index contributed by atoms with van der Waals surface area (Å²) in [6, 6.07) is 12.9. The van der Waals surface area contributed by atoms with Gasteiger partial charge in [0.1, 0.15) is 11.0 Å². The highest BCUT2D eigenvalue weighted by atomic mass is 16.3. The predicted octanol–water partition coefficient (Wildman–Crippen LogP) is 13.0. The molecule has 1 aromatic heterocycles. The number of rotatable bonds is 7. The molecule has 2 heterocycles. The van der Waals surface area contributed by atoms with Crippen molar-refractivity contribution < 1.29 is 4.42 Å². The molecule has 0 spiro atoms. The van der Waals surface area contributed by atoms with Crippen molar-refractivity contribution in [1.29, 1.82) is 0 Å². The minimum absolute atomic E-state index is 0.614.